The molecule has 1 spiro atoms. The zero-order valence-corrected chi connectivity index (χ0v) is 20.8. The maximum absolute atomic E-state index is 13.5. The standard InChI is InChI=1S/C26H28ClN3O4S/c27-19-4-6-21-18(16-19)2-1-3-23(21)28-25(32)22-7-5-20(29-35(33,34)15-14-31)17-24(22)30-12-10-26(8-9-26)11-13-30/h1-7,16-17,29,31H,8-15H2,(H,28,32). The van der Waals surface area contributed by atoms with Gasteiger partial charge < -0.3 is 15.3 Å². The van der Waals surface area contributed by atoms with Crippen LogP contribution >= 0.6 is 11.6 Å². The lowest BCUT2D eigenvalue weighted by atomic mass is 9.93. The number of hydrogen-bond acceptors (Lipinski definition) is 5. The molecule has 7 nitrogen and oxygen atoms in total. The Morgan fingerprint density at radius 1 is 1.03 bits per heavy atom. The van der Waals surface area contributed by atoms with Crippen molar-refractivity contribution < 1.29 is 18.3 Å². The van der Waals surface area contributed by atoms with Crippen molar-refractivity contribution >= 4 is 55.4 Å². The molecule has 0 unspecified atom stereocenters. The molecule has 0 atom stereocenters. The first-order valence-electron chi connectivity index (χ1n) is 11.8. The zero-order chi connectivity index (χ0) is 24.6. The summed E-state index contributed by atoms with van der Waals surface area (Å²) < 4.78 is 26.9. The molecule has 1 aliphatic carbocycles. The summed E-state index contributed by atoms with van der Waals surface area (Å²) >= 11 is 6.13. The minimum atomic E-state index is -3.68. The number of benzene rings is 3. The number of piperidine rings is 1. The number of amides is 1. The molecule has 1 saturated carbocycles. The summed E-state index contributed by atoms with van der Waals surface area (Å²) in [6.07, 6.45) is 4.66. The molecule has 35 heavy (non-hydrogen) atoms. The fourth-order valence-corrected chi connectivity index (χ4v) is 5.86. The molecule has 1 amide bonds. The van der Waals surface area contributed by atoms with Crippen LogP contribution in [0.5, 0.6) is 0 Å². The second-order valence-electron chi connectivity index (χ2n) is 9.49. The van der Waals surface area contributed by atoms with Crippen LogP contribution in [0.1, 0.15) is 36.0 Å². The highest BCUT2D eigenvalue weighted by molar-refractivity contribution is 7.92. The minimum Gasteiger partial charge on any atom is -0.395 e. The second kappa shape index (κ2) is 9.33. The third kappa shape index (κ3) is 5.24. The largest absolute Gasteiger partial charge is 0.395 e. The summed E-state index contributed by atoms with van der Waals surface area (Å²) in [6.45, 7) is 1.17. The van der Waals surface area contributed by atoms with E-state index in [2.05, 4.69) is 14.9 Å². The first-order chi connectivity index (χ1) is 16.8. The summed E-state index contributed by atoms with van der Waals surface area (Å²) in [6, 6.07) is 16.2. The van der Waals surface area contributed by atoms with Crippen LogP contribution in [0, 0.1) is 5.41 Å². The molecule has 1 aliphatic heterocycles. The zero-order valence-electron chi connectivity index (χ0n) is 19.3. The molecule has 5 rings (SSSR count). The van der Waals surface area contributed by atoms with E-state index in [1.165, 1.54) is 12.8 Å². The normalized spacial score (nSPS) is 16.9. The highest BCUT2D eigenvalue weighted by Gasteiger charge is 2.44. The average Bonchev–Trinajstić information content (AvgIpc) is 3.57. The smallest absolute Gasteiger partial charge is 0.257 e. The Morgan fingerprint density at radius 3 is 2.51 bits per heavy atom. The van der Waals surface area contributed by atoms with Crippen molar-refractivity contribution in [2.45, 2.75) is 25.7 Å². The summed E-state index contributed by atoms with van der Waals surface area (Å²) in [5.74, 6) is -0.652. The fourth-order valence-electron chi connectivity index (χ4n) is 4.85. The van der Waals surface area contributed by atoms with Gasteiger partial charge in [0.25, 0.3) is 5.91 Å². The molecule has 1 saturated heterocycles. The first kappa shape index (κ1) is 23.9. The number of sulfonamides is 1. The highest BCUT2D eigenvalue weighted by atomic mass is 35.5. The van der Waals surface area contributed by atoms with Crippen molar-refractivity contribution in [3.8, 4) is 0 Å². The van der Waals surface area contributed by atoms with E-state index in [9.17, 15) is 13.2 Å². The summed E-state index contributed by atoms with van der Waals surface area (Å²) in [7, 11) is -3.68. The maximum atomic E-state index is 13.5. The molecule has 9 heteroatoms. The van der Waals surface area contributed by atoms with E-state index in [1.54, 1.807) is 24.3 Å². The van der Waals surface area contributed by atoms with Gasteiger partial charge in [-0.15, -0.1) is 0 Å². The molecule has 2 aliphatic rings. The van der Waals surface area contributed by atoms with E-state index in [0.29, 0.717) is 33.1 Å². The highest BCUT2D eigenvalue weighted by Crippen LogP contribution is 2.54. The quantitative estimate of drug-likeness (QED) is 0.419. The number of fused-ring (bicyclic) bond motifs is 1. The molecular formula is C26H28ClN3O4S. The number of nitrogens with zero attached hydrogens (tertiary/aromatic N) is 1. The van der Waals surface area contributed by atoms with E-state index in [-0.39, 0.29) is 11.7 Å². The Hall–Kier alpha value is -2.81. The van der Waals surface area contributed by atoms with Crippen LogP contribution < -0.4 is 14.9 Å². The molecule has 0 radical (unpaired) electrons. The number of nitrogens with one attached hydrogen (secondary N) is 2. The Labute approximate surface area is 210 Å². The van der Waals surface area contributed by atoms with E-state index in [0.717, 1.165) is 36.7 Å². The molecule has 184 valence electrons. The monoisotopic (exact) mass is 513 g/mol. The number of aliphatic hydroxyl groups excluding tert-OH is 1. The number of rotatable bonds is 7. The Bertz CT molecular complexity index is 1380. The molecule has 0 aromatic heterocycles. The SMILES string of the molecule is O=C(Nc1cccc2cc(Cl)ccc12)c1ccc(NS(=O)(=O)CCO)cc1N1CCC2(CC1)CC2. The lowest BCUT2D eigenvalue weighted by Gasteiger charge is -2.35. The Kier molecular flexibility index (Phi) is 6.38. The topological polar surface area (TPSA) is 98.7 Å². The molecule has 0 bridgehead atoms. The van der Waals surface area contributed by atoms with E-state index < -0.39 is 16.6 Å². The summed E-state index contributed by atoms with van der Waals surface area (Å²) in [5, 5.41) is 14.5. The van der Waals surface area contributed by atoms with Gasteiger partial charge in [0.15, 0.2) is 0 Å². The van der Waals surface area contributed by atoms with Gasteiger partial charge in [0.05, 0.1) is 29.3 Å². The molecule has 2 fully saturated rings. The minimum absolute atomic E-state index is 0.265. The van der Waals surface area contributed by atoms with Crippen LogP contribution in [-0.2, 0) is 10.0 Å². The van der Waals surface area contributed by atoms with Gasteiger partial charge in [-0.25, -0.2) is 8.42 Å². The van der Waals surface area contributed by atoms with Gasteiger partial charge in [-0.2, -0.15) is 0 Å². The van der Waals surface area contributed by atoms with Crippen LogP contribution in [0.25, 0.3) is 10.8 Å². The van der Waals surface area contributed by atoms with Gasteiger partial charge >= 0.3 is 0 Å². The van der Waals surface area contributed by atoms with Gasteiger partial charge in [0.2, 0.25) is 10.0 Å². The number of hydrogen-bond donors (Lipinski definition) is 3. The van der Waals surface area contributed by atoms with Crippen molar-refractivity contribution in [2.24, 2.45) is 5.41 Å². The van der Waals surface area contributed by atoms with Crippen LogP contribution in [0.3, 0.4) is 0 Å². The van der Waals surface area contributed by atoms with Gasteiger partial charge in [0.1, 0.15) is 0 Å². The number of anilines is 3. The van der Waals surface area contributed by atoms with Gasteiger partial charge in [0, 0.05) is 29.2 Å². The average molecular weight is 514 g/mol. The van der Waals surface area contributed by atoms with Crippen LogP contribution in [0.2, 0.25) is 5.02 Å². The summed E-state index contributed by atoms with van der Waals surface area (Å²) in [5.41, 5.74) is 2.69. The van der Waals surface area contributed by atoms with Crippen molar-refractivity contribution in [2.75, 3.05) is 40.4 Å². The van der Waals surface area contributed by atoms with Crippen LogP contribution in [0.4, 0.5) is 17.1 Å². The maximum Gasteiger partial charge on any atom is 0.257 e. The summed E-state index contributed by atoms with van der Waals surface area (Å²) in [4.78, 5) is 15.7. The fraction of sp³-hybridized carbons (Fsp3) is 0.346. The molecular weight excluding hydrogens is 486 g/mol. The number of aliphatic hydroxyl groups is 1. The van der Waals surface area contributed by atoms with Gasteiger partial charge in [-0.3, -0.25) is 9.52 Å². The van der Waals surface area contributed by atoms with Crippen molar-refractivity contribution in [3.63, 3.8) is 0 Å². The van der Waals surface area contributed by atoms with Gasteiger partial charge in [-0.05, 0) is 72.9 Å². The van der Waals surface area contributed by atoms with E-state index >= 15 is 0 Å². The van der Waals surface area contributed by atoms with Crippen LogP contribution in [-0.4, -0.2) is 44.9 Å². The van der Waals surface area contributed by atoms with Gasteiger partial charge in [-0.1, -0.05) is 29.8 Å². The van der Waals surface area contributed by atoms with E-state index in [1.807, 2.05) is 30.3 Å². The lowest BCUT2D eigenvalue weighted by Crippen LogP contribution is -2.35. The van der Waals surface area contributed by atoms with Crippen molar-refractivity contribution in [1.29, 1.82) is 0 Å². The lowest BCUT2D eigenvalue weighted by molar-refractivity contribution is 0.102. The first-order valence-corrected chi connectivity index (χ1v) is 13.8. The van der Waals surface area contributed by atoms with Crippen molar-refractivity contribution in [1.82, 2.24) is 0 Å². The second-order valence-corrected chi connectivity index (χ2v) is 11.8. The molecule has 3 aromatic carbocycles. The third-order valence-corrected chi connectivity index (χ3v) is 8.59. The number of carbonyl (C=O) groups is 1. The number of carbonyl (C=O) groups excluding carboxylic acids is 1. The molecule has 3 aromatic rings. The third-order valence-electron chi connectivity index (χ3n) is 7.09. The molecule has 1 heterocycles. The predicted octanol–water partition coefficient (Wildman–Crippen LogP) is 4.86. The number of halogens is 1. The molecule has 3 N–H and O–H groups in total. The van der Waals surface area contributed by atoms with Crippen molar-refractivity contribution in [3.05, 3.63) is 65.2 Å². The van der Waals surface area contributed by atoms with Crippen LogP contribution in [0.15, 0.2) is 54.6 Å². The van der Waals surface area contributed by atoms with E-state index in [4.69, 9.17) is 16.7 Å². The Morgan fingerprint density at radius 2 is 1.80 bits per heavy atom. The Balaban J connectivity index is 1.46. The predicted molar refractivity (Wildman–Crippen MR) is 141 cm³/mol.